The third-order valence-electron chi connectivity index (χ3n) is 6.03. The summed E-state index contributed by atoms with van der Waals surface area (Å²) in [6.07, 6.45) is 8.98. The van der Waals surface area contributed by atoms with Gasteiger partial charge in [-0.25, -0.2) is 0 Å². The molecule has 0 heterocycles. The highest BCUT2D eigenvalue weighted by atomic mass is 16.1. The maximum atomic E-state index is 12.4. The van der Waals surface area contributed by atoms with E-state index in [0.29, 0.717) is 17.3 Å². The number of amides is 1. The monoisotopic (exact) mass is 292 g/mol. The molecule has 0 aliphatic heterocycles. The molecule has 2 atom stereocenters. The predicted molar refractivity (Wildman–Crippen MR) is 85.8 cm³/mol. The quantitative estimate of drug-likeness (QED) is 0.834. The maximum absolute atomic E-state index is 12.4. The fourth-order valence-electron chi connectivity index (χ4n) is 6.38. The Balaban J connectivity index is 1.69. The molecule has 3 nitrogen and oxygen atoms in total. The van der Waals surface area contributed by atoms with Crippen LogP contribution in [0.3, 0.4) is 0 Å². The first-order valence-corrected chi connectivity index (χ1v) is 8.61. The Kier molecular flexibility index (Phi) is 3.26. The highest BCUT2D eigenvalue weighted by Crippen LogP contribution is 2.66. The molecule has 0 aromatic rings. The van der Waals surface area contributed by atoms with E-state index in [0.717, 1.165) is 12.3 Å². The third-order valence-corrected chi connectivity index (χ3v) is 6.03. The molecule has 4 aliphatic carbocycles. The van der Waals surface area contributed by atoms with Crippen molar-refractivity contribution in [3.8, 4) is 0 Å². The van der Waals surface area contributed by atoms with E-state index in [1.54, 1.807) is 0 Å². The van der Waals surface area contributed by atoms with Crippen LogP contribution in [0.15, 0.2) is 0 Å². The lowest BCUT2D eigenvalue weighted by molar-refractivity contribution is -0.139. The van der Waals surface area contributed by atoms with Gasteiger partial charge in [-0.2, -0.15) is 0 Å². The molecule has 4 aliphatic rings. The second-order valence-corrected chi connectivity index (χ2v) is 9.95. The molecule has 0 aromatic heterocycles. The minimum Gasteiger partial charge on any atom is -0.351 e. The smallest absolute Gasteiger partial charge is 0.220 e. The Morgan fingerprint density at radius 3 is 2.19 bits per heavy atom. The van der Waals surface area contributed by atoms with E-state index in [1.807, 2.05) is 13.8 Å². The average Bonchev–Trinajstić information content (AvgIpc) is 2.19. The van der Waals surface area contributed by atoms with Crippen LogP contribution in [0.1, 0.15) is 79.1 Å². The summed E-state index contributed by atoms with van der Waals surface area (Å²) in [6.45, 7) is 8.87. The number of hydrogen-bond donors (Lipinski definition) is 2. The molecule has 0 saturated heterocycles. The molecule has 4 rings (SSSR count). The summed E-state index contributed by atoms with van der Waals surface area (Å²) in [6, 6.07) is 0. The van der Waals surface area contributed by atoms with E-state index >= 15 is 0 Å². The molecule has 0 radical (unpaired) electrons. The van der Waals surface area contributed by atoms with E-state index in [-0.39, 0.29) is 17.0 Å². The highest BCUT2D eigenvalue weighted by Gasteiger charge is 2.60. The van der Waals surface area contributed by atoms with Gasteiger partial charge in [0, 0.05) is 17.5 Å². The van der Waals surface area contributed by atoms with Gasteiger partial charge in [0.2, 0.25) is 5.91 Å². The van der Waals surface area contributed by atoms with Gasteiger partial charge >= 0.3 is 0 Å². The molecular formula is C18H32N2O. The summed E-state index contributed by atoms with van der Waals surface area (Å²) in [4.78, 5) is 12.4. The summed E-state index contributed by atoms with van der Waals surface area (Å²) in [5, 5.41) is 3.45. The van der Waals surface area contributed by atoms with Crippen LogP contribution in [0.4, 0.5) is 0 Å². The minimum atomic E-state index is -0.253. The van der Waals surface area contributed by atoms with Crippen molar-refractivity contribution in [2.75, 3.05) is 0 Å². The van der Waals surface area contributed by atoms with Gasteiger partial charge in [0.25, 0.3) is 0 Å². The zero-order chi connectivity index (χ0) is 15.5. The SMILES string of the molecule is CC(C)(N)CCC(=O)NC12CC3CC(C)(CC(C)(C3)C1)C2. The van der Waals surface area contributed by atoms with Crippen LogP contribution in [0.2, 0.25) is 0 Å². The van der Waals surface area contributed by atoms with Crippen LogP contribution in [0.25, 0.3) is 0 Å². The summed E-state index contributed by atoms with van der Waals surface area (Å²) in [5.74, 6) is 1.03. The number of hydrogen-bond acceptors (Lipinski definition) is 2. The van der Waals surface area contributed by atoms with Gasteiger partial charge in [-0.05, 0) is 75.5 Å². The van der Waals surface area contributed by atoms with Gasteiger partial charge in [-0.15, -0.1) is 0 Å². The molecule has 4 fully saturated rings. The molecule has 0 spiro atoms. The van der Waals surface area contributed by atoms with Crippen molar-refractivity contribution in [3.63, 3.8) is 0 Å². The summed E-state index contributed by atoms with van der Waals surface area (Å²) < 4.78 is 0. The fourth-order valence-corrected chi connectivity index (χ4v) is 6.38. The van der Waals surface area contributed by atoms with Crippen molar-refractivity contribution in [2.45, 2.75) is 90.1 Å². The third kappa shape index (κ3) is 3.13. The second-order valence-electron chi connectivity index (χ2n) is 9.95. The Hall–Kier alpha value is -0.570. The lowest BCUT2D eigenvalue weighted by atomic mass is 9.43. The molecule has 0 aromatic carbocycles. The Morgan fingerprint density at radius 2 is 1.71 bits per heavy atom. The molecule has 21 heavy (non-hydrogen) atoms. The zero-order valence-corrected chi connectivity index (χ0v) is 14.2. The van der Waals surface area contributed by atoms with Crippen molar-refractivity contribution >= 4 is 5.91 Å². The zero-order valence-electron chi connectivity index (χ0n) is 14.2. The van der Waals surface area contributed by atoms with Crippen LogP contribution in [0.5, 0.6) is 0 Å². The first-order valence-electron chi connectivity index (χ1n) is 8.61. The van der Waals surface area contributed by atoms with Crippen molar-refractivity contribution in [2.24, 2.45) is 22.5 Å². The van der Waals surface area contributed by atoms with Gasteiger partial charge < -0.3 is 11.1 Å². The molecule has 2 unspecified atom stereocenters. The maximum Gasteiger partial charge on any atom is 0.220 e. The molecule has 120 valence electrons. The van der Waals surface area contributed by atoms with Gasteiger partial charge in [0.1, 0.15) is 0 Å². The predicted octanol–water partition coefficient (Wildman–Crippen LogP) is 3.37. The lowest BCUT2D eigenvalue weighted by Crippen LogP contribution is -2.65. The summed E-state index contributed by atoms with van der Waals surface area (Å²) >= 11 is 0. The van der Waals surface area contributed by atoms with E-state index < -0.39 is 0 Å². The molecular weight excluding hydrogens is 260 g/mol. The standard InChI is InChI=1S/C18H32N2O/c1-15(2,19)6-5-14(21)20-18-9-13-7-16(3,11-18)10-17(4,8-13)12-18/h13H,5-12,19H2,1-4H3,(H,20,21). The topological polar surface area (TPSA) is 55.1 Å². The van der Waals surface area contributed by atoms with Crippen LogP contribution in [-0.2, 0) is 4.79 Å². The first-order chi connectivity index (χ1) is 9.51. The minimum absolute atomic E-state index is 0.0821. The average molecular weight is 292 g/mol. The Labute approximate surface area is 129 Å². The van der Waals surface area contributed by atoms with E-state index in [1.165, 1.54) is 38.5 Å². The molecule has 1 amide bonds. The largest absolute Gasteiger partial charge is 0.351 e. The number of carbonyl (C=O) groups is 1. The van der Waals surface area contributed by atoms with E-state index in [2.05, 4.69) is 19.2 Å². The van der Waals surface area contributed by atoms with E-state index in [9.17, 15) is 4.79 Å². The number of rotatable bonds is 4. The van der Waals surface area contributed by atoms with Crippen molar-refractivity contribution in [1.82, 2.24) is 5.32 Å². The normalized spacial score (nSPS) is 44.9. The summed E-state index contributed by atoms with van der Waals surface area (Å²) in [5.41, 5.74) is 6.74. The molecule has 3 heteroatoms. The van der Waals surface area contributed by atoms with Crippen LogP contribution in [0, 0.1) is 16.7 Å². The van der Waals surface area contributed by atoms with Gasteiger partial charge in [-0.3, -0.25) is 4.79 Å². The molecule has 3 N–H and O–H groups in total. The van der Waals surface area contributed by atoms with Crippen LogP contribution in [-0.4, -0.2) is 17.0 Å². The highest BCUT2D eigenvalue weighted by molar-refractivity contribution is 5.77. The van der Waals surface area contributed by atoms with Gasteiger partial charge in [0.15, 0.2) is 0 Å². The Morgan fingerprint density at radius 1 is 1.14 bits per heavy atom. The van der Waals surface area contributed by atoms with Crippen LogP contribution < -0.4 is 11.1 Å². The number of nitrogens with two attached hydrogens (primary N) is 1. The fraction of sp³-hybridized carbons (Fsp3) is 0.944. The van der Waals surface area contributed by atoms with Gasteiger partial charge in [0.05, 0.1) is 0 Å². The van der Waals surface area contributed by atoms with Crippen molar-refractivity contribution in [1.29, 1.82) is 0 Å². The van der Waals surface area contributed by atoms with Crippen molar-refractivity contribution in [3.05, 3.63) is 0 Å². The second kappa shape index (κ2) is 4.47. The molecule has 4 saturated carbocycles. The first kappa shape index (κ1) is 15.3. The summed E-state index contributed by atoms with van der Waals surface area (Å²) in [7, 11) is 0. The van der Waals surface area contributed by atoms with E-state index in [4.69, 9.17) is 5.73 Å². The van der Waals surface area contributed by atoms with Crippen molar-refractivity contribution < 1.29 is 4.79 Å². The number of nitrogens with one attached hydrogen (secondary N) is 1. The van der Waals surface area contributed by atoms with Gasteiger partial charge in [-0.1, -0.05) is 13.8 Å². The molecule has 4 bridgehead atoms. The number of carbonyl (C=O) groups excluding carboxylic acids is 1. The Bertz CT molecular complexity index is 433. The lowest BCUT2D eigenvalue weighted by Gasteiger charge is -2.65. The van der Waals surface area contributed by atoms with Crippen LogP contribution >= 0.6 is 0 Å².